The standard InChI is InChI=1S/C22H21F3N6O/c1-12(2)19(20-28-16-6-4-5-7-17(16)29-20)30-21(32)15-11-27-31(13(15)3)18-9-8-14(10-26-18)22(23,24)25/h4-12,19H,1-3H3,(H,28,29)(H,30,32). The molecule has 4 aromatic rings. The maximum Gasteiger partial charge on any atom is 0.417 e. The zero-order valence-electron chi connectivity index (χ0n) is 17.6. The van der Waals surface area contributed by atoms with Gasteiger partial charge in [0.1, 0.15) is 5.82 Å². The van der Waals surface area contributed by atoms with Crippen LogP contribution in [0.1, 0.15) is 47.3 Å². The molecule has 2 N–H and O–H groups in total. The van der Waals surface area contributed by atoms with Crippen molar-refractivity contribution in [3.63, 3.8) is 0 Å². The van der Waals surface area contributed by atoms with Crippen molar-refractivity contribution in [2.75, 3.05) is 0 Å². The molecule has 0 saturated heterocycles. The maximum atomic E-state index is 13.0. The van der Waals surface area contributed by atoms with E-state index < -0.39 is 11.7 Å². The van der Waals surface area contributed by atoms with Gasteiger partial charge in [0.15, 0.2) is 5.82 Å². The number of benzene rings is 1. The highest BCUT2D eigenvalue weighted by Crippen LogP contribution is 2.29. The zero-order chi connectivity index (χ0) is 23.0. The smallest absolute Gasteiger partial charge is 0.342 e. The molecule has 3 aromatic heterocycles. The van der Waals surface area contributed by atoms with E-state index in [9.17, 15) is 18.0 Å². The fraction of sp³-hybridized carbons (Fsp3) is 0.273. The van der Waals surface area contributed by atoms with Gasteiger partial charge in [0.25, 0.3) is 5.91 Å². The van der Waals surface area contributed by atoms with Gasteiger partial charge in [0.2, 0.25) is 0 Å². The number of alkyl halides is 3. The van der Waals surface area contributed by atoms with E-state index in [0.29, 0.717) is 17.1 Å². The zero-order valence-corrected chi connectivity index (χ0v) is 17.6. The molecule has 0 radical (unpaired) electrons. The van der Waals surface area contributed by atoms with Gasteiger partial charge < -0.3 is 10.3 Å². The molecule has 1 aromatic carbocycles. The van der Waals surface area contributed by atoms with Crippen molar-refractivity contribution < 1.29 is 18.0 Å². The molecular formula is C22H21F3N6O. The molecule has 1 unspecified atom stereocenters. The van der Waals surface area contributed by atoms with Gasteiger partial charge in [-0.3, -0.25) is 4.79 Å². The molecule has 1 atom stereocenters. The van der Waals surface area contributed by atoms with E-state index in [1.54, 1.807) is 6.92 Å². The van der Waals surface area contributed by atoms with Gasteiger partial charge in [-0.15, -0.1) is 0 Å². The molecule has 0 saturated carbocycles. The second-order valence-electron chi connectivity index (χ2n) is 7.79. The van der Waals surface area contributed by atoms with Gasteiger partial charge in [0.05, 0.1) is 40.1 Å². The van der Waals surface area contributed by atoms with Crippen LogP contribution in [0.2, 0.25) is 0 Å². The number of nitrogens with one attached hydrogen (secondary N) is 2. The van der Waals surface area contributed by atoms with Crippen LogP contribution in [0.4, 0.5) is 13.2 Å². The minimum Gasteiger partial charge on any atom is -0.342 e. The van der Waals surface area contributed by atoms with E-state index in [1.807, 2.05) is 38.1 Å². The first-order valence-corrected chi connectivity index (χ1v) is 9.99. The highest BCUT2D eigenvalue weighted by atomic mass is 19.4. The van der Waals surface area contributed by atoms with Crippen molar-refractivity contribution in [2.45, 2.75) is 33.0 Å². The Morgan fingerprint density at radius 1 is 1.12 bits per heavy atom. The van der Waals surface area contributed by atoms with E-state index in [1.165, 1.54) is 16.9 Å². The van der Waals surface area contributed by atoms with E-state index in [4.69, 9.17) is 0 Å². The summed E-state index contributed by atoms with van der Waals surface area (Å²) in [6, 6.07) is 9.37. The van der Waals surface area contributed by atoms with Gasteiger partial charge in [-0.2, -0.15) is 18.3 Å². The van der Waals surface area contributed by atoms with E-state index >= 15 is 0 Å². The number of para-hydroxylation sites is 2. The minimum absolute atomic E-state index is 0.0476. The Kier molecular flexibility index (Phi) is 5.45. The first-order valence-electron chi connectivity index (χ1n) is 9.99. The second kappa shape index (κ2) is 8.10. The number of carbonyl (C=O) groups is 1. The number of rotatable bonds is 5. The number of hydrogen-bond donors (Lipinski definition) is 2. The lowest BCUT2D eigenvalue weighted by Gasteiger charge is -2.20. The van der Waals surface area contributed by atoms with Gasteiger partial charge in [-0.25, -0.2) is 14.6 Å². The number of imidazole rings is 1. The first kappa shape index (κ1) is 21.5. The Morgan fingerprint density at radius 3 is 2.50 bits per heavy atom. The lowest BCUT2D eigenvalue weighted by atomic mass is 10.0. The number of aromatic amines is 1. The monoisotopic (exact) mass is 442 g/mol. The SMILES string of the molecule is Cc1c(C(=O)NC(c2nc3ccccc3[nH]2)C(C)C)cnn1-c1ccc(C(F)(F)F)cn1. The predicted octanol–water partition coefficient (Wildman–Crippen LogP) is 4.60. The Balaban J connectivity index is 1.58. The molecule has 7 nitrogen and oxygen atoms in total. The molecule has 4 rings (SSSR count). The molecule has 0 fully saturated rings. The Hall–Kier alpha value is -3.69. The summed E-state index contributed by atoms with van der Waals surface area (Å²) in [6.07, 6.45) is -2.36. The van der Waals surface area contributed by atoms with Crippen LogP contribution >= 0.6 is 0 Å². The maximum absolute atomic E-state index is 13.0. The van der Waals surface area contributed by atoms with Gasteiger partial charge in [0, 0.05) is 6.20 Å². The molecule has 0 bridgehead atoms. The summed E-state index contributed by atoms with van der Waals surface area (Å²) >= 11 is 0. The molecule has 0 aliphatic heterocycles. The molecule has 3 heterocycles. The Morgan fingerprint density at radius 2 is 1.88 bits per heavy atom. The average Bonchev–Trinajstić information content (AvgIpc) is 3.34. The van der Waals surface area contributed by atoms with E-state index in [-0.39, 0.29) is 23.7 Å². The van der Waals surface area contributed by atoms with Crippen molar-refractivity contribution in [1.29, 1.82) is 0 Å². The van der Waals surface area contributed by atoms with Crippen molar-refractivity contribution in [3.8, 4) is 5.82 Å². The summed E-state index contributed by atoms with van der Waals surface area (Å²) in [7, 11) is 0. The van der Waals surface area contributed by atoms with Crippen LogP contribution in [-0.4, -0.2) is 30.6 Å². The summed E-state index contributed by atoms with van der Waals surface area (Å²) < 4.78 is 39.7. The van der Waals surface area contributed by atoms with Gasteiger partial charge in [-0.05, 0) is 37.1 Å². The first-order chi connectivity index (χ1) is 15.1. The lowest BCUT2D eigenvalue weighted by molar-refractivity contribution is -0.137. The predicted molar refractivity (Wildman–Crippen MR) is 112 cm³/mol. The third-order valence-corrected chi connectivity index (χ3v) is 5.20. The van der Waals surface area contributed by atoms with Crippen LogP contribution < -0.4 is 5.32 Å². The van der Waals surface area contributed by atoms with Crippen LogP contribution in [0.5, 0.6) is 0 Å². The molecule has 166 valence electrons. The third kappa shape index (κ3) is 4.08. The number of aromatic nitrogens is 5. The van der Waals surface area contributed by atoms with Crippen LogP contribution in [0.3, 0.4) is 0 Å². The quantitative estimate of drug-likeness (QED) is 0.473. The topological polar surface area (TPSA) is 88.5 Å². The minimum atomic E-state index is -4.47. The van der Waals surface area contributed by atoms with Crippen molar-refractivity contribution in [1.82, 2.24) is 30.0 Å². The molecule has 32 heavy (non-hydrogen) atoms. The largest absolute Gasteiger partial charge is 0.417 e. The normalized spacial score (nSPS) is 13.0. The Bertz CT molecular complexity index is 1220. The van der Waals surface area contributed by atoms with Crippen molar-refractivity contribution in [3.05, 3.63) is 71.4 Å². The second-order valence-corrected chi connectivity index (χ2v) is 7.79. The summed E-state index contributed by atoms with van der Waals surface area (Å²) in [5, 5.41) is 7.14. The fourth-order valence-corrected chi connectivity index (χ4v) is 3.43. The molecule has 0 aliphatic carbocycles. The number of amides is 1. The number of hydrogen-bond acceptors (Lipinski definition) is 4. The fourth-order valence-electron chi connectivity index (χ4n) is 3.43. The Labute approximate surface area is 181 Å². The van der Waals surface area contributed by atoms with Crippen LogP contribution in [0, 0.1) is 12.8 Å². The molecule has 10 heteroatoms. The molecule has 0 spiro atoms. The third-order valence-electron chi connectivity index (χ3n) is 5.20. The molecule has 1 amide bonds. The number of fused-ring (bicyclic) bond motifs is 1. The van der Waals surface area contributed by atoms with Crippen molar-refractivity contribution >= 4 is 16.9 Å². The highest BCUT2D eigenvalue weighted by molar-refractivity contribution is 5.95. The molecular weight excluding hydrogens is 421 g/mol. The summed E-state index contributed by atoms with van der Waals surface area (Å²) in [6.45, 7) is 5.61. The average molecular weight is 442 g/mol. The summed E-state index contributed by atoms with van der Waals surface area (Å²) in [5.74, 6) is 0.516. The van der Waals surface area contributed by atoms with E-state index in [2.05, 4.69) is 25.4 Å². The van der Waals surface area contributed by atoms with Crippen LogP contribution in [0.25, 0.3) is 16.9 Å². The molecule has 0 aliphatic rings. The van der Waals surface area contributed by atoms with Crippen LogP contribution in [-0.2, 0) is 6.18 Å². The summed E-state index contributed by atoms with van der Waals surface area (Å²) in [4.78, 5) is 24.7. The number of H-pyrrole nitrogens is 1. The number of nitrogens with zero attached hydrogens (tertiary/aromatic N) is 4. The van der Waals surface area contributed by atoms with E-state index in [0.717, 1.165) is 23.3 Å². The van der Waals surface area contributed by atoms with Crippen LogP contribution in [0.15, 0.2) is 48.8 Å². The number of halogens is 3. The lowest BCUT2D eigenvalue weighted by Crippen LogP contribution is -2.32. The highest BCUT2D eigenvalue weighted by Gasteiger charge is 2.31. The number of pyridine rings is 1. The summed E-state index contributed by atoms with van der Waals surface area (Å²) in [5.41, 5.74) is 1.59. The number of carbonyl (C=O) groups excluding carboxylic acids is 1. The van der Waals surface area contributed by atoms with Gasteiger partial charge in [-0.1, -0.05) is 26.0 Å². The van der Waals surface area contributed by atoms with Crippen molar-refractivity contribution in [2.24, 2.45) is 5.92 Å². The van der Waals surface area contributed by atoms with Gasteiger partial charge >= 0.3 is 6.18 Å².